The lowest BCUT2D eigenvalue weighted by Gasteiger charge is -2.33. The minimum Gasteiger partial charge on any atom is -0.350 e. The summed E-state index contributed by atoms with van der Waals surface area (Å²) in [7, 11) is 0. The molecule has 1 N–H and O–H groups in total. The average molecular weight is 461 g/mol. The molecule has 0 radical (unpaired) electrons. The maximum absolute atomic E-state index is 13.2. The molecule has 0 aromatic heterocycles. The Morgan fingerprint density at radius 2 is 1.71 bits per heavy atom. The first kappa shape index (κ1) is 25.3. The summed E-state index contributed by atoms with van der Waals surface area (Å²) in [5.41, 5.74) is 0.676. The molecule has 168 valence electrons. The van der Waals surface area contributed by atoms with Crippen molar-refractivity contribution in [3.63, 3.8) is 0 Å². The van der Waals surface area contributed by atoms with Gasteiger partial charge in [0.25, 0.3) is 0 Å². The fraction of sp³-hybridized carbons (Fsp3) is 0.440. The molecule has 0 bridgehead atoms. The van der Waals surface area contributed by atoms with Gasteiger partial charge in [0.15, 0.2) is 0 Å². The van der Waals surface area contributed by atoms with E-state index in [0.717, 1.165) is 27.7 Å². The normalized spacial score (nSPS) is 12.3. The standard InChI is InChI=1S/C25H33ClN2O2S/c1-5-22(24(30)27-25(2,3)4)28(18-19-10-7-6-8-11-19)23(29)12-9-17-31-21-15-13-20(26)14-16-21/h6-8,10-11,13-16,22H,5,9,12,17-18H2,1-4H3,(H,27,30)/t22-/m0/s1. The average Bonchev–Trinajstić information content (AvgIpc) is 2.71. The van der Waals surface area contributed by atoms with Gasteiger partial charge in [-0.15, -0.1) is 11.8 Å². The molecule has 31 heavy (non-hydrogen) atoms. The second-order valence-electron chi connectivity index (χ2n) is 8.58. The number of halogens is 1. The summed E-state index contributed by atoms with van der Waals surface area (Å²) in [6.07, 6.45) is 1.72. The molecule has 0 saturated carbocycles. The molecule has 2 rings (SSSR count). The monoisotopic (exact) mass is 460 g/mol. The van der Waals surface area contributed by atoms with E-state index >= 15 is 0 Å². The van der Waals surface area contributed by atoms with E-state index in [1.165, 1.54) is 0 Å². The van der Waals surface area contributed by atoms with Crippen molar-refractivity contribution in [2.75, 3.05) is 5.75 Å². The number of thioether (sulfide) groups is 1. The highest BCUT2D eigenvalue weighted by Crippen LogP contribution is 2.22. The Morgan fingerprint density at radius 3 is 2.29 bits per heavy atom. The maximum atomic E-state index is 13.2. The zero-order valence-corrected chi connectivity index (χ0v) is 20.4. The molecule has 1 atom stereocenters. The summed E-state index contributed by atoms with van der Waals surface area (Å²) in [4.78, 5) is 29.0. The van der Waals surface area contributed by atoms with Crippen molar-refractivity contribution in [2.45, 2.75) is 70.0 Å². The number of nitrogens with zero attached hydrogens (tertiary/aromatic N) is 1. The smallest absolute Gasteiger partial charge is 0.243 e. The minimum atomic E-state index is -0.490. The first-order valence-corrected chi connectivity index (χ1v) is 12.1. The number of hydrogen-bond donors (Lipinski definition) is 1. The van der Waals surface area contributed by atoms with Gasteiger partial charge in [-0.2, -0.15) is 0 Å². The Balaban J connectivity index is 2.04. The molecule has 0 unspecified atom stereocenters. The summed E-state index contributed by atoms with van der Waals surface area (Å²) in [6, 6.07) is 17.1. The number of benzene rings is 2. The quantitative estimate of drug-likeness (QED) is 0.353. The first-order valence-electron chi connectivity index (χ1n) is 10.7. The van der Waals surface area contributed by atoms with E-state index in [2.05, 4.69) is 5.32 Å². The molecule has 0 fully saturated rings. The minimum absolute atomic E-state index is 0.0106. The number of rotatable bonds is 10. The Kier molecular flexibility index (Phi) is 9.92. The number of nitrogens with one attached hydrogen (secondary N) is 1. The van der Waals surface area contributed by atoms with Crippen LogP contribution in [0, 0.1) is 0 Å². The SMILES string of the molecule is CC[C@@H](C(=O)NC(C)(C)C)N(Cc1ccccc1)C(=O)CCCSc1ccc(Cl)cc1. The van der Waals surface area contributed by atoms with E-state index in [-0.39, 0.29) is 17.4 Å². The summed E-state index contributed by atoms with van der Waals surface area (Å²) in [5.74, 6) is 0.739. The van der Waals surface area contributed by atoms with Gasteiger partial charge in [-0.3, -0.25) is 9.59 Å². The predicted octanol–water partition coefficient (Wildman–Crippen LogP) is 5.93. The molecule has 6 heteroatoms. The lowest BCUT2D eigenvalue weighted by molar-refractivity contribution is -0.142. The molecular weight excluding hydrogens is 428 g/mol. The molecule has 2 aromatic carbocycles. The van der Waals surface area contributed by atoms with Gasteiger partial charge in [0.1, 0.15) is 6.04 Å². The molecule has 2 aromatic rings. The van der Waals surface area contributed by atoms with E-state index in [4.69, 9.17) is 11.6 Å². The summed E-state index contributed by atoms with van der Waals surface area (Å²) in [6.45, 7) is 8.24. The molecular formula is C25H33ClN2O2S. The third kappa shape index (κ3) is 8.96. The van der Waals surface area contributed by atoms with Crippen LogP contribution in [0.2, 0.25) is 5.02 Å². The van der Waals surface area contributed by atoms with Crippen LogP contribution >= 0.6 is 23.4 Å². The molecule has 0 aliphatic heterocycles. The van der Waals surface area contributed by atoms with Gasteiger partial charge in [-0.05, 0) is 69.2 Å². The third-order valence-electron chi connectivity index (χ3n) is 4.70. The summed E-state index contributed by atoms with van der Waals surface area (Å²) < 4.78 is 0. The van der Waals surface area contributed by atoms with Crippen molar-refractivity contribution >= 4 is 35.2 Å². The van der Waals surface area contributed by atoms with Crippen LogP contribution in [-0.4, -0.2) is 34.0 Å². The molecule has 0 saturated heterocycles. The third-order valence-corrected chi connectivity index (χ3v) is 6.05. The lowest BCUT2D eigenvalue weighted by atomic mass is 10.0. The maximum Gasteiger partial charge on any atom is 0.243 e. The van der Waals surface area contributed by atoms with Crippen LogP contribution in [0.15, 0.2) is 59.5 Å². The highest BCUT2D eigenvalue weighted by Gasteiger charge is 2.30. The van der Waals surface area contributed by atoms with Crippen LogP contribution in [0.5, 0.6) is 0 Å². The van der Waals surface area contributed by atoms with Gasteiger partial charge in [0.05, 0.1) is 0 Å². The van der Waals surface area contributed by atoms with Crippen LogP contribution in [0.3, 0.4) is 0 Å². The van der Waals surface area contributed by atoms with E-state index in [1.807, 2.05) is 82.3 Å². The van der Waals surface area contributed by atoms with Crippen molar-refractivity contribution in [3.8, 4) is 0 Å². The van der Waals surface area contributed by atoms with Gasteiger partial charge in [0.2, 0.25) is 11.8 Å². The highest BCUT2D eigenvalue weighted by molar-refractivity contribution is 7.99. The fourth-order valence-corrected chi connectivity index (χ4v) is 4.22. The predicted molar refractivity (Wildman–Crippen MR) is 130 cm³/mol. The number of hydrogen-bond acceptors (Lipinski definition) is 3. The van der Waals surface area contributed by atoms with Crippen LogP contribution < -0.4 is 5.32 Å². The number of carbonyl (C=O) groups excluding carboxylic acids is 2. The molecule has 2 amide bonds. The Hall–Kier alpha value is -1.98. The number of amides is 2. The summed E-state index contributed by atoms with van der Waals surface area (Å²) >= 11 is 7.64. The van der Waals surface area contributed by atoms with Gasteiger partial charge >= 0.3 is 0 Å². The van der Waals surface area contributed by atoms with Crippen molar-refractivity contribution in [1.82, 2.24) is 10.2 Å². The van der Waals surface area contributed by atoms with Gasteiger partial charge < -0.3 is 10.2 Å². The van der Waals surface area contributed by atoms with E-state index in [9.17, 15) is 9.59 Å². The van der Waals surface area contributed by atoms with Crippen molar-refractivity contribution in [2.24, 2.45) is 0 Å². The van der Waals surface area contributed by atoms with Crippen LogP contribution in [-0.2, 0) is 16.1 Å². The van der Waals surface area contributed by atoms with Gasteiger partial charge in [-0.1, -0.05) is 48.9 Å². The van der Waals surface area contributed by atoms with Crippen LogP contribution in [0.1, 0.15) is 52.5 Å². The Labute approximate surface area is 195 Å². The molecule has 4 nitrogen and oxygen atoms in total. The Bertz CT molecular complexity index is 835. The lowest BCUT2D eigenvalue weighted by Crippen LogP contribution is -2.53. The topological polar surface area (TPSA) is 49.4 Å². The van der Waals surface area contributed by atoms with E-state index in [1.54, 1.807) is 16.7 Å². The number of carbonyl (C=O) groups is 2. The second-order valence-corrected chi connectivity index (χ2v) is 10.2. The van der Waals surface area contributed by atoms with Gasteiger partial charge in [-0.25, -0.2) is 0 Å². The molecule has 0 spiro atoms. The zero-order chi connectivity index (χ0) is 22.9. The zero-order valence-electron chi connectivity index (χ0n) is 18.9. The van der Waals surface area contributed by atoms with E-state index < -0.39 is 6.04 Å². The van der Waals surface area contributed by atoms with Crippen LogP contribution in [0.4, 0.5) is 0 Å². The molecule has 0 heterocycles. The Morgan fingerprint density at radius 1 is 1.06 bits per heavy atom. The van der Waals surface area contributed by atoms with Crippen LogP contribution in [0.25, 0.3) is 0 Å². The highest BCUT2D eigenvalue weighted by atomic mass is 35.5. The van der Waals surface area contributed by atoms with E-state index in [0.29, 0.717) is 19.4 Å². The summed E-state index contributed by atoms with van der Waals surface area (Å²) in [5, 5.41) is 3.75. The fourth-order valence-electron chi connectivity index (χ4n) is 3.24. The molecule has 0 aliphatic carbocycles. The first-order chi connectivity index (χ1) is 14.7. The second kappa shape index (κ2) is 12.2. The molecule has 0 aliphatic rings. The largest absolute Gasteiger partial charge is 0.350 e. The van der Waals surface area contributed by atoms with Crippen molar-refractivity contribution in [3.05, 3.63) is 65.2 Å². The van der Waals surface area contributed by atoms with Crippen molar-refractivity contribution in [1.29, 1.82) is 0 Å². The van der Waals surface area contributed by atoms with Gasteiger partial charge in [0, 0.05) is 28.4 Å². The van der Waals surface area contributed by atoms with Crippen molar-refractivity contribution < 1.29 is 9.59 Å².